The Morgan fingerprint density at radius 3 is 2.77 bits per heavy atom. The number of halogens is 1. The first-order valence-corrected chi connectivity index (χ1v) is 7.97. The highest BCUT2D eigenvalue weighted by Gasteiger charge is 2.06. The van der Waals surface area contributed by atoms with Gasteiger partial charge < -0.3 is 24.5 Å². The van der Waals surface area contributed by atoms with Crippen LogP contribution in [0.3, 0.4) is 0 Å². The van der Waals surface area contributed by atoms with Crippen molar-refractivity contribution in [2.24, 2.45) is 4.99 Å². The Kier molecular flexibility index (Phi) is 10.1. The van der Waals surface area contributed by atoms with Crippen molar-refractivity contribution in [2.75, 3.05) is 27.3 Å². The van der Waals surface area contributed by atoms with Crippen molar-refractivity contribution < 1.29 is 13.9 Å². The lowest BCUT2D eigenvalue weighted by Gasteiger charge is -2.13. The summed E-state index contributed by atoms with van der Waals surface area (Å²) >= 11 is 0. The highest BCUT2D eigenvalue weighted by molar-refractivity contribution is 14.0. The van der Waals surface area contributed by atoms with E-state index >= 15 is 0 Å². The zero-order valence-corrected chi connectivity index (χ0v) is 17.3. The number of furan rings is 1. The number of guanidine groups is 1. The average molecular weight is 469 g/mol. The number of ether oxygens (including phenoxy) is 2. The van der Waals surface area contributed by atoms with Gasteiger partial charge in [0.1, 0.15) is 12.4 Å². The predicted octanol–water partition coefficient (Wildman–Crippen LogP) is 2.83. The van der Waals surface area contributed by atoms with Crippen LogP contribution in [-0.4, -0.2) is 33.3 Å². The van der Waals surface area contributed by atoms with Crippen LogP contribution in [0.4, 0.5) is 0 Å². The number of methoxy groups -OCH3 is 1. The van der Waals surface area contributed by atoms with Gasteiger partial charge in [-0.25, -0.2) is 0 Å². The fourth-order valence-corrected chi connectivity index (χ4v) is 2.23. The van der Waals surface area contributed by atoms with Crippen LogP contribution < -0.4 is 20.1 Å². The number of rotatable bonds is 8. The van der Waals surface area contributed by atoms with Crippen LogP contribution in [0.25, 0.3) is 0 Å². The van der Waals surface area contributed by atoms with E-state index in [9.17, 15) is 0 Å². The summed E-state index contributed by atoms with van der Waals surface area (Å²) in [4.78, 5) is 4.21. The molecule has 1 aromatic heterocycles. The first-order valence-electron chi connectivity index (χ1n) is 7.97. The monoisotopic (exact) mass is 469 g/mol. The second kappa shape index (κ2) is 12.1. The maximum absolute atomic E-state index is 5.51. The molecule has 1 heterocycles. The van der Waals surface area contributed by atoms with Crippen molar-refractivity contribution in [2.45, 2.75) is 13.0 Å². The summed E-state index contributed by atoms with van der Waals surface area (Å²) < 4.78 is 16.1. The molecule has 1 aromatic carbocycles. The number of nitrogens with one attached hydrogen (secondary N) is 2. The van der Waals surface area contributed by atoms with Gasteiger partial charge in [-0.05, 0) is 29.8 Å². The zero-order valence-electron chi connectivity index (χ0n) is 15.0. The third-order valence-corrected chi connectivity index (χ3v) is 3.47. The molecule has 6 nitrogen and oxygen atoms in total. The van der Waals surface area contributed by atoms with Crippen LogP contribution in [0.15, 0.2) is 46.0 Å². The van der Waals surface area contributed by atoms with Crippen molar-refractivity contribution in [1.82, 2.24) is 10.6 Å². The molecule has 0 radical (unpaired) electrons. The quantitative estimate of drug-likeness (QED) is 0.270. The summed E-state index contributed by atoms with van der Waals surface area (Å²) in [5.74, 6) is 5.38. The van der Waals surface area contributed by atoms with Gasteiger partial charge in [0.2, 0.25) is 0 Å². The predicted molar refractivity (Wildman–Crippen MR) is 113 cm³/mol. The van der Waals surface area contributed by atoms with E-state index in [-0.39, 0.29) is 30.6 Å². The smallest absolute Gasteiger partial charge is 0.191 e. The minimum Gasteiger partial charge on any atom is -0.493 e. The molecule has 0 unspecified atom stereocenters. The first-order chi connectivity index (χ1) is 12.3. The number of hydrogen-bond acceptors (Lipinski definition) is 4. The summed E-state index contributed by atoms with van der Waals surface area (Å²) in [5, 5.41) is 6.50. The molecule has 0 atom stereocenters. The normalized spacial score (nSPS) is 10.4. The standard InChI is InChI=1S/C19H23N3O3.HI/c1-4-11-25-18-13-15(7-8-17(18)23-3)14-22-19(20-2)21-10-9-16-6-5-12-24-16;/h1,5-8,12-13H,9-11,14H2,2-3H3,(H2,20,21,22);1H. The van der Waals surface area contributed by atoms with Crippen LogP contribution in [-0.2, 0) is 13.0 Å². The van der Waals surface area contributed by atoms with Gasteiger partial charge in [-0.3, -0.25) is 4.99 Å². The van der Waals surface area contributed by atoms with E-state index in [1.807, 2.05) is 30.3 Å². The number of benzene rings is 1. The molecule has 2 N–H and O–H groups in total. The van der Waals surface area contributed by atoms with Crippen molar-refractivity contribution in [3.05, 3.63) is 47.9 Å². The number of hydrogen-bond donors (Lipinski definition) is 2. The van der Waals surface area contributed by atoms with Gasteiger partial charge in [-0.15, -0.1) is 30.4 Å². The molecule has 0 bridgehead atoms. The minimum absolute atomic E-state index is 0. The van der Waals surface area contributed by atoms with Gasteiger partial charge >= 0.3 is 0 Å². The molecule has 2 aromatic rings. The molecular formula is C19H24IN3O3. The molecule has 0 aliphatic carbocycles. The average Bonchev–Trinajstić information content (AvgIpc) is 3.16. The van der Waals surface area contributed by atoms with Crippen LogP contribution in [0.5, 0.6) is 11.5 Å². The van der Waals surface area contributed by atoms with E-state index in [1.54, 1.807) is 20.4 Å². The number of nitrogens with zero attached hydrogens (tertiary/aromatic N) is 1. The third kappa shape index (κ3) is 6.88. The van der Waals surface area contributed by atoms with Crippen molar-refractivity contribution in [3.63, 3.8) is 0 Å². The van der Waals surface area contributed by atoms with Crippen molar-refractivity contribution in [1.29, 1.82) is 0 Å². The van der Waals surface area contributed by atoms with Crippen LogP contribution in [0.1, 0.15) is 11.3 Å². The molecular weight excluding hydrogens is 445 g/mol. The molecule has 0 amide bonds. The molecule has 0 spiro atoms. The molecule has 2 rings (SSSR count). The van der Waals surface area contributed by atoms with Gasteiger partial charge in [-0.1, -0.05) is 12.0 Å². The van der Waals surface area contributed by atoms with Gasteiger partial charge in [0, 0.05) is 26.6 Å². The van der Waals surface area contributed by atoms with Crippen molar-refractivity contribution >= 4 is 29.9 Å². The summed E-state index contributed by atoms with van der Waals surface area (Å²) in [6, 6.07) is 9.55. The lowest BCUT2D eigenvalue weighted by Crippen LogP contribution is -2.37. The molecule has 140 valence electrons. The Bertz CT molecular complexity index is 724. The van der Waals surface area contributed by atoms with E-state index in [0.717, 1.165) is 24.3 Å². The van der Waals surface area contributed by atoms with Gasteiger partial charge in [-0.2, -0.15) is 0 Å². The molecule has 0 aliphatic rings. The summed E-state index contributed by atoms with van der Waals surface area (Å²) in [7, 11) is 3.33. The minimum atomic E-state index is 0. The van der Waals surface area contributed by atoms with E-state index in [4.69, 9.17) is 20.3 Å². The Morgan fingerprint density at radius 1 is 1.27 bits per heavy atom. The number of terminal acetylenes is 1. The lowest BCUT2D eigenvalue weighted by molar-refractivity contribution is 0.330. The lowest BCUT2D eigenvalue weighted by atomic mass is 10.2. The Labute approximate surface area is 171 Å². The van der Waals surface area contributed by atoms with E-state index < -0.39 is 0 Å². The fraction of sp³-hybridized carbons (Fsp3) is 0.316. The van der Waals surface area contributed by atoms with Crippen LogP contribution >= 0.6 is 24.0 Å². The second-order valence-corrected chi connectivity index (χ2v) is 5.16. The van der Waals surface area contributed by atoms with Gasteiger partial charge in [0.25, 0.3) is 0 Å². The zero-order chi connectivity index (χ0) is 17.9. The van der Waals surface area contributed by atoms with E-state index in [0.29, 0.717) is 24.0 Å². The fourth-order valence-electron chi connectivity index (χ4n) is 2.23. The highest BCUT2D eigenvalue weighted by atomic mass is 127. The molecule has 0 fully saturated rings. The van der Waals surface area contributed by atoms with Crippen LogP contribution in [0, 0.1) is 12.3 Å². The van der Waals surface area contributed by atoms with E-state index in [1.165, 1.54) is 0 Å². The highest BCUT2D eigenvalue weighted by Crippen LogP contribution is 2.27. The summed E-state index contributed by atoms with van der Waals surface area (Å²) in [6.07, 6.45) is 7.71. The summed E-state index contributed by atoms with van der Waals surface area (Å²) in [6.45, 7) is 1.52. The van der Waals surface area contributed by atoms with Gasteiger partial charge in [0.05, 0.1) is 13.4 Å². The summed E-state index contributed by atoms with van der Waals surface area (Å²) in [5.41, 5.74) is 1.03. The second-order valence-electron chi connectivity index (χ2n) is 5.16. The molecule has 0 saturated heterocycles. The van der Waals surface area contributed by atoms with E-state index in [2.05, 4.69) is 21.5 Å². The first kappa shape index (κ1) is 21.7. The Hall–Kier alpha value is -2.34. The maximum atomic E-state index is 5.51. The molecule has 0 aliphatic heterocycles. The van der Waals surface area contributed by atoms with Crippen LogP contribution in [0.2, 0.25) is 0 Å². The SMILES string of the molecule is C#CCOc1cc(CNC(=NC)NCCc2ccco2)ccc1OC.I. The topological polar surface area (TPSA) is 68.0 Å². The van der Waals surface area contributed by atoms with Gasteiger partial charge in [0.15, 0.2) is 17.5 Å². The largest absolute Gasteiger partial charge is 0.493 e. The maximum Gasteiger partial charge on any atom is 0.191 e. The molecule has 0 saturated carbocycles. The van der Waals surface area contributed by atoms with Crippen molar-refractivity contribution in [3.8, 4) is 23.8 Å². The molecule has 7 heteroatoms. The molecule has 26 heavy (non-hydrogen) atoms. The third-order valence-electron chi connectivity index (χ3n) is 3.47. The Morgan fingerprint density at radius 2 is 2.12 bits per heavy atom. The Balaban J connectivity index is 0.00000338. The number of aliphatic imine (C=N–C) groups is 1.